The fraction of sp³-hybridized carbons (Fsp3) is 0.750. The van der Waals surface area contributed by atoms with Gasteiger partial charge in [0.25, 0.3) is 0 Å². The lowest BCUT2D eigenvalue weighted by Crippen LogP contribution is -2.42. The number of sulfonamides is 1. The van der Waals surface area contributed by atoms with Crippen molar-refractivity contribution in [3.8, 4) is 0 Å². The van der Waals surface area contributed by atoms with Crippen LogP contribution in [0.4, 0.5) is 5.69 Å². The minimum Gasteiger partial charge on any atom is -0.372 e. The fourth-order valence-electron chi connectivity index (χ4n) is 2.58. The van der Waals surface area contributed by atoms with Crippen LogP contribution in [0.15, 0.2) is 12.4 Å². The summed E-state index contributed by atoms with van der Waals surface area (Å²) < 4.78 is 26.5. The molecular formula is C12H22N4O2S. The van der Waals surface area contributed by atoms with Crippen molar-refractivity contribution >= 4 is 15.7 Å². The molecule has 0 aromatic carbocycles. The first-order valence-electron chi connectivity index (χ1n) is 6.51. The number of nitrogens with zero attached hydrogens (tertiary/aromatic N) is 4. The molecule has 0 spiro atoms. The van der Waals surface area contributed by atoms with Gasteiger partial charge in [-0.3, -0.25) is 4.68 Å². The van der Waals surface area contributed by atoms with E-state index in [1.54, 1.807) is 8.99 Å². The molecule has 0 aliphatic carbocycles. The zero-order valence-corrected chi connectivity index (χ0v) is 12.6. The Bertz CT molecular complexity index is 526. The number of piperidine rings is 1. The number of hydrogen-bond acceptors (Lipinski definition) is 4. The molecular weight excluding hydrogens is 264 g/mol. The number of aromatic nitrogens is 2. The fourth-order valence-corrected chi connectivity index (χ4v) is 3.52. The van der Waals surface area contributed by atoms with Crippen LogP contribution in [0.3, 0.4) is 0 Å². The Balaban J connectivity index is 1.95. The Morgan fingerprint density at radius 2 is 2.26 bits per heavy atom. The van der Waals surface area contributed by atoms with Gasteiger partial charge in [-0.25, -0.2) is 12.7 Å². The molecule has 7 heteroatoms. The quantitative estimate of drug-likeness (QED) is 0.810. The molecule has 1 aliphatic heterocycles. The first kappa shape index (κ1) is 14.3. The Labute approximate surface area is 115 Å². The molecule has 0 bridgehead atoms. The molecule has 1 aromatic rings. The molecule has 108 valence electrons. The van der Waals surface area contributed by atoms with Gasteiger partial charge in [0.15, 0.2) is 0 Å². The number of hydrogen-bond donors (Lipinski definition) is 0. The summed E-state index contributed by atoms with van der Waals surface area (Å²) in [6.07, 6.45) is 7.11. The molecule has 1 saturated heterocycles. The third kappa shape index (κ3) is 3.70. The van der Waals surface area contributed by atoms with E-state index in [1.165, 1.54) is 6.26 Å². The van der Waals surface area contributed by atoms with Gasteiger partial charge in [0.1, 0.15) is 0 Å². The van der Waals surface area contributed by atoms with Crippen molar-refractivity contribution in [3.63, 3.8) is 0 Å². The first-order valence-corrected chi connectivity index (χ1v) is 8.36. The van der Waals surface area contributed by atoms with E-state index >= 15 is 0 Å². The summed E-state index contributed by atoms with van der Waals surface area (Å²) in [5.74, 6) is 0.383. The SMILES string of the molecule is CN(C[C@H]1CCCN(S(C)(=O)=O)C1)c1cnn(C)c1. The van der Waals surface area contributed by atoms with Crippen LogP contribution in [-0.2, 0) is 17.1 Å². The lowest BCUT2D eigenvalue weighted by Gasteiger charge is -2.33. The van der Waals surface area contributed by atoms with E-state index in [4.69, 9.17) is 0 Å². The zero-order valence-electron chi connectivity index (χ0n) is 11.8. The van der Waals surface area contributed by atoms with E-state index in [1.807, 2.05) is 26.5 Å². The molecule has 19 heavy (non-hydrogen) atoms. The summed E-state index contributed by atoms with van der Waals surface area (Å²) in [6, 6.07) is 0. The topological polar surface area (TPSA) is 58.4 Å². The number of aryl methyl sites for hydroxylation is 1. The predicted molar refractivity (Wildman–Crippen MR) is 75.6 cm³/mol. The Hall–Kier alpha value is -1.08. The maximum Gasteiger partial charge on any atom is 0.211 e. The standard InChI is InChI=1S/C12H22N4O2S/c1-14(12-7-13-15(2)10-12)8-11-5-4-6-16(9-11)19(3,17)18/h7,10-11H,4-6,8-9H2,1-3H3/t11-/m1/s1. The zero-order chi connectivity index (χ0) is 14.0. The van der Waals surface area contributed by atoms with Gasteiger partial charge in [0, 0.05) is 39.9 Å². The number of anilines is 1. The molecule has 6 nitrogen and oxygen atoms in total. The van der Waals surface area contributed by atoms with E-state index in [9.17, 15) is 8.42 Å². The van der Waals surface area contributed by atoms with Crippen LogP contribution >= 0.6 is 0 Å². The van der Waals surface area contributed by atoms with Gasteiger partial charge in [-0.15, -0.1) is 0 Å². The highest BCUT2D eigenvalue weighted by Crippen LogP contribution is 2.21. The van der Waals surface area contributed by atoms with Crippen molar-refractivity contribution < 1.29 is 8.42 Å². The smallest absolute Gasteiger partial charge is 0.211 e. The van der Waals surface area contributed by atoms with Gasteiger partial charge < -0.3 is 4.90 Å². The van der Waals surface area contributed by atoms with Crippen molar-refractivity contribution in [2.24, 2.45) is 13.0 Å². The molecule has 0 unspecified atom stereocenters. The van der Waals surface area contributed by atoms with Crippen molar-refractivity contribution in [3.05, 3.63) is 12.4 Å². The molecule has 1 atom stereocenters. The average Bonchev–Trinajstić information content (AvgIpc) is 2.75. The van der Waals surface area contributed by atoms with Gasteiger partial charge in [0.05, 0.1) is 18.1 Å². The maximum absolute atomic E-state index is 11.6. The van der Waals surface area contributed by atoms with Crippen molar-refractivity contribution in [2.75, 3.05) is 37.8 Å². The second kappa shape index (κ2) is 5.50. The van der Waals surface area contributed by atoms with Crippen molar-refractivity contribution in [2.45, 2.75) is 12.8 Å². The normalized spacial score (nSPS) is 21.5. The second-order valence-corrected chi connectivity index (χ2v) is 7.36. The second-order valence-electron chi connectivity index (χ2n) is 5.38. The summed E-state index contributed by atoms with van der Waals surface area (Å²) in [5.41, 5.74) is 1.07. The molecule has 0 N–H and O–H groups in total. The highest BCUT2D eigenvalue weighted by atomic mass is 32.2. The van der Waals surface area contributed by atoms with Gasteiger partial charge in [-0.1, -0.05) is 0 Å². The lowest BCUT2D eigenvalue weighted by molar-refractivity contribution is 0.271. The predicted octanol–water partition coefficient (Wildman–Crippen LogP) is 0.528. The van der Waals surface area contributed by atoms with Gasteiger partial charge in [0.2, 0.25) is 10.0 Å². The largest absolute Gasteiger partial charge is 0.372 e. The molecule has 1 fully saturated rings. The van der Waals surface area contributed by atoms with Gasteiger partial charge >= 0.3 is 0 Å². The van der Waals surface area contributed by atoms with Crippen LogP contribution in [-0.4, -0.2) is 55.4 Å². The minimum atomic E-state index is -3.06. The molecule has 2 rings (SSSR count). The van der Waals surface area contributed by atoms with Gasteiger partial charge in [-0.2, -0.15) is 5.10 Å². The monoisotopic (exact) mass is 286 g/mol. The van der Waals surface area contributed by atoms with Crippen LogP contribution in [0, 0.1) is 5.92 Å². The highest BCUT2D eigenvalue weighted by molar-refractivity contribution is 7.88. The third-order valence-electron chi connectivity index (χ3n) is 3.61. The number of rotatable bonds is 4. The van der Waals surface area contributed by atoms with Crippen LogP contribution in [0.5, 0.6) is 0 Å². The summed E-state index contributed by atoms with van der Waals surface area (Å²) in [6.45, 7) is 2.15. The van der Waals surface area contributed by atoms with Crippen LogP contribution in [0.2, 0.25) is 0 Å². The third-order valence-corrected chi connectivity index (χ3v) is 4.88. The first-order chi connectivity index (χ1) is 8.86. The van der Waals surface area contributed by atoms with Gasteiger partial charge in [-0.05, 0) is 18.8 Å². The summed E-state index contributed by atoms with van der Waals surface area (Å²) in [4.78, 5) is 2.14. The van der Waals surface area contributed by atoms with E-state index < -0.39 is 10.0 Å². The van der Waals surface area contributed by atoms with Crippen LogP contribution in [0.1, 0.15) is 12.8 Å². The molecule has 0 radical (unpaired) electrons. The van der Waals surface area contributed by atoms with Crippen LogP contribution < -0.4 is 4.90 Å². The highest BCUT2D eigenvalue weighted by Gasteiger charge is 2.26. The van der Waals surface area contributed by atoms with E-state index in [-0.39, 0.29) is 0 Å². The van der Waals surface area contributed by atoms with E-state index in [0.717, 1.165) is 25.1 Å². The Morgan fingerprint density at radius 3 is 2.84 bits per heavy atom. The van der Waals surface area contributed by atoms with Crippen molar-refractivity contribution in [1.29, 1.82) is 0 Å². The lowest BCUT2D eigenvalue weighted by atomic mass is 9.99. The molecule has 1 aliphatic rings. The summed E-state index contributed by atoms with van der Waals surface area (Å²) in [5, 5.41) is 4.15. The Morgan fingerprint density at radius 1 is 1.53 bits per heavy atom. The molecule has 1 aromatic heterocycles. The summed E-state index contributed by atoms with van der Waals surface area (Å²) in [7, 11) is 0.860. The van der Waals surface area contributed by atoms with Crippen LogP contribution in [0.25, 0.3) is 0 Å². The minimum absolute atomic E-state index is 0.383. The Kier molecular flexibility index (Phi) is 4.15. The van der Waals surface area contributed by atoms with E-state index in [2.05, 4.69) is 10.00 Å². The molecule has 2 heterocycles. The molecule has 0 amide bonds. The van der Waals surface area contributed by atoms with Crippen molar-refractivity contribution in [1.82, 2.24) is 14.1 Å². The van der Waals surface area contributed by atoms with E-state index in [0.29, 0.717) is 19.0 Å². The maximum atomic E-state index is 11.6. The average molecular weight is 286 g/mol. The molecule has 0 saturated carbocycles. The summed E-state index contributed by atoms with van der Waals surface area (Å²) >= 11 is 0.